The number of halogens is 2. The maximum absolute atomic E-state index is 10.5. The number of hydrogen-bond acceptors (Lipinski definition) is 2. The quantitative estimate of drug-likeness (QED) is 0.205. The second-order valence-electron chi connectivity index (χ2n) is 8.25. The van der Waals surface area contributed by atoms with Crippen LogP contribution in [0.4, 0.5) is 5.69 Å². The zero-order chi connectivity index (χ0) is 24.4. The van der Waals surface area contributed by atoms with Gasteiger partial charge in [0.2, 0.25) is 0 Å². The lowest BCUT2D eigenvalue weighted by Crippen LogP contribution is -2.00. The number of aromatic nitrogens is 1. The first-order valence-corrected chi connectivity index (χ1v) is 12.8. The monoisotopic (exact) mass is 584 g/mol. The molecule has 0 aliphatic rings. The van der Waals surface area contributed by atoms with Crippen LogP contribution in [-0.4, -0.2) is 15.9 Å². The number of aryl methyl sites for hydroxylation is 1. The van der Waals surface area contributed by atoms with Gasteiger partial charge >= 0.3 is 0 Å². The average Bonchev–Trinajstić information content (AvgIpc) is 3.26. The largest absolute Gasteiger partial charge is 0.505 e. The number of aromatic hydroxyl groups is 1. The van der Waals surface area contributed by atoms with Gasteiger partial charge in [-0.05, 0) is 64.3 Å². The minimum Gasteiger partial charge on any atom is -0.505 e. The van der Waals surface area contributed by atoms with E-state index in [4.69, 9.17) is 4.99 Å². The number of phenolic OH excluding ortho intramolecular Hbond substituents is 1. The van der Waals surface area contributed by atoms with E-state index in [2.05, 4.69) is 110 Å². The van der Waals surface area contributed by atoms with Crippen LogP contribution in [0.15, 0.2) is 117 Å². The van der Waals surface area contributed by atoms with E-state index in [1.54, 1.807) is 12.1 Å². The number of phenols is 1. The molecule has 0 saturated heterocycles. The Morgan fingerprint density at radius 2 is 1.40 bits per heavy atom. The van der Waals surface area contributed by atoms with Gasteiger partial charge in [-0.1, -0.05) is 94.3 Å². The molecule has 0 saturated carbocycles. The van der Waals surface area contributed by atoms with E-state index in [-0.39, 0.29) is 5.75 Å². The lowest BCUT2D eigenvalue weighted by molar-refractivity contribution is 0.473. The van der Waals surface area contributed by atoms with Gasteiger partial charge in [-0.3, -0.25) is 4.99 Å². The first kappa shape index (κ1) is 23.3. The third-order valence-electron chi connectivity index (χ3n) is 5.79. The number of benzene rings is 4. The molecule has 0 bridgehead atoms. The van der Waals surface area contributed by atoms with Gasteiger partial charge in [-0.25, -0.2) is 0 Å². The molecule has 0 aliphatic heterocycles. The van der Waals surface area contributed by atoms with E-state index >= 15 is 0 Å². The van der Waals surface area contributed by atoms with Crippen LogP contribution in [0.2, 0.25) is 0 Å². The van der Waals surface area contributed by atoms with Crippen molar-refractivity contribution in [3.8, 4) is 34.0 Å². The summed E-state index contributed by atoms with van der Waals surface area (Å²) in [6.45, 7) is 2.09. The average molecular weight is 586 g/mol. The number of rotatable bonds is 5. The Morgan fingerprint density at radius 1 is 0.771 bits per heavy atom. The van der Waals surface area contributed by atoms with Crippen LogP contribution >= 0.6 is 31.9 Å². The Morgan fingerprint density at radius 3 is 2.06 bits per heavy atom. The van der Waals surface area contributed by atoms with Crippen LogP contribution in [0.25, 0.3) is 28.2 Å². The molecule has 1 N–H and O–H groups in total. The molecule has 5 rings (SSSR count). The highest BCUT2D eigenvalue weighted by Crippen LogP contribution is 2.39. The summed E-state index contributed by atoms with van der Waals surface area (Å²) >= 11 is 6.89. The van der Waals surface area contributed by atoms with E-state index in [9.17, 15) is 5.11 Å². The molecule has 35 heavy (non-hydrogen) atoms. The zero-order valence-corrected chi connectivity index (χ0v) is 22.2. The van der Waals surface area contributed by atoms with Crippen LogP contribution in [-0.2, 0) is 0 Å². The predicted molar refractivity (Wildman–Crippen MR) is 152 cm³/mol. The first-order chi connectivity index (χ1) is 17.0. The van der Waals surface area contributed by atoms with Gasteiger partial charge in [-0.2, -0.15) is 0 Å². The molecule has 0 amide bonds. The smallest absolute Gasteiger partial charge is 0.155 e. The molecule has 172 valence electrons. The van der Waals surface area contributed by atoms with Crippen molar-refractivity contribution < 1.29 is 5.11 Å². The van der Waals surface area contributed by atoms with E-state index < -0.39 is 0 Å². The Bertz CT molecular complexity index is 1510. The molecule has 1 heterocycles. The molecule has 4 aromatic carbocycles. The van der Waals surface area contributed by atoms with Gasteiger partial charge < -0.3 is 9.67 Å². The molecule has 0 radical (unpaired) electrons. The van der Waals surface area contributed by atoms with E-state index in [1.807, 2.05) is 30.5 Å². The summed E-state index contributed by atoms with van der Waals surface area (Å²) in [7, 11) is 0. The highest BCUT2D eigenvalue weighted by Gasteiger charge is 2.19. The Kier molecular flexibility index (Phi) is 6.71. The summed E-state index contributed by atoms with van der Waals surface area (Å²) in [6.07, 6.45) is 1.83. The molecule has 0 atom stereocenters. The standard InChI is InChI=1S/C30H22Br2N2O/c1-20-12-14-25(15-13-20)34-28(21-8-4-2-5-9-21)16-23(29(34)22-10-6-3-7-11-22)19-33-27-18-24(31)17-26(32)30(27)35/h2-19,35H,1H3. The van der Waals surface area contributed by atoms with E-state index in [0.717, 1.165) is 38.2 Å². The number of hydrogen-bond donors (Lipinski definition) is 1. The van der Waals surface area contributed by atoms with Crippen LogP contribution in [0.3, 0.4) is 0 Å². The number of nitrogens with zero attached hydrogens (tertiary/aromatic N) is 2. The molecule has 1 aromatic heterocycles. The maximum atomic E-state index is 10.5. The SMILES string of the molecule is Cc1ccc(-n2c(-c3ccccc3)cc(C=Nc3cc(Br)cc(Br)c3O)c2-c2ccccc2)cc1. The Labute approximate surface area is 221 Å². The molecule has 3 nitrogen and oxygen atoms in total. The van der Waals surface area contributed by atoms with Gasteiger partial charge in [0.1, 0.15) is 5.69 Å². The van der Waals surface area contributed by atoms with Crippen molar-refractivity contribution in [1.82, 2.24) is 4.57 Å². The molecule has 0 fully saturated rings. The summed E-state index contributed by atoms with van der Waals surface area (Å²) in [6, 6.07) is 35.0. The minimum absolute atomic E-state index is 0.104. The normalized spacial score (nSPS) is 11.3. The fraction of sp³-hybridized carbons (Fsp3) is 0.0333. The minimum atomic E-state index is 0.104. The summed E-state index contributed by atoms with van der Waals surface area (Å²) in [5, 5.41) is 10.5. The third kappa shape index (κ3) is 4.88. The van der Waals surface area contributed by atoms with Gasteiger partial charge in [0.05, 0.1) is 15.9 Å². The van der Waals surface area contributed by atoms with Crippen LogP contribution in [0.1, 0.15) is 11.1 Å². The molecular formula is C30H22Br2N2O. The van der Waals surface area contributed by atoms with Crippen molar-refractivity contribution in [3.05, 3.63) is 123 Å². The lowest BCUT2D eigenvalue weighted by Gasteiger charge is -2.15. The van der Waals surface area contributed by atoms with Crippen molar-refractivity contribution >= 4 is 43.8 Å². The van der Waals surface area contributed by atoms with Crippen LogP contribution in [0, 0.1) is 6.92 Å². The fourth-order valence-corrected chi connectivity index (χ4v) is 5.30. The van der Waals surface area contributed by atoms with Gasteiger partial charge in [0, 0.05) is 21.9 Å². The third-order valence-corrected chi connectivity index (χ3v) is 6.85. The van der Waals surface area contributed by atoms with E-state index in [1.165, 1.54) is 5.56 Å². The molecule has 5 aromatic rings. The number of aliphatic imine (C=N–C) groups is 1. The summed E-state index contributed by atoms with van der Waals surface area (Å²) < 4.78 is 3.70. The molecular weight excluding hydrogens is 564 g/mol. The van der Waals surface area contributed by atoms with Crippen molar-refractivity contribution in [2.45, 2.75) is 6.92 Å². The summed E-state index contributed by atoms with van der Waals surface area (Å²) in [4.78, 5) is 4.69. The zero-order valence-electron chi connectivity index (χ0n) is 19.0. The highest BCUT2D eigenvalue weighted by molar-refractivity contribution is 9.11. The van der Waals surface area contributed by atoms with Crippen molar-refractivity contribution in [2.75, 3.05) is 0 Å². The first-order valence-electron chi connectivity index (χ1n) is 11.2. The topological polar surface area (TPSA) is 37.5 Å². The van der Waals surface area contributed by atoms with Gasteiger partial charge in [-0.15, -0.1) is 0 Å². The molecule has 5 heteroatoms. The second-order valence-corrected chi connectivity index (χ2v) is 10.0. The fourth-order valence-electron chi connectivity index (χ4n) is 4.09. The van der Waals surface area contributed by atoms with Crippen LogP contribution in [0.5, 0.6) is 5.75 Å². The Balaban J connectivity index is 1.78. The second kappa shape index (κ2) is 10.1. The van der Waals surface area contributed by atoms with Crippen molar-refractivity contribution in [1.29, 1.82) is 0 Å². The van der Waals surface area contributed by atoms with Crippen molar-refractivity contribution in [2.24, 2.45) is 4.99 Å². The molecule has 0 spiro atoms. The predicted octanol–water partition coefficient (Wildman–Crippen LogP) is 9.10. The summed E-state index contributed by atoms with van der Waals surface area (Å²) in [5.41, 5.74) is 8.00. The van der Waals surface area contributed by atoms with Gasteiger partial charge in [0.15, 0.2) is 5.75 Å². The lowest BCUT2D eigenvalue weighted by atomic mass is 10.1. The van der Waals surface area contributed by atoms with Gasteiger partial charge in [0.25, 0.3) is 0 Å². The van der Waals surface area contributed by atoms with E-state index in [0.29, 0.717) is 10.2 Å². The van der Waals surface area contributed by atoms with Crippen LogP contribution < -0.4 is 0 Å². The molecule has 0 unspecified atom stereocenters. The highest BCUT2D eigenvalue weighted by atomic mass is 79.9. The molecule has 0 aliphatic carbocycles. The maximum Gasteiger partial charge on any atom is 0.155 e. The van der Waals surface area contributed by atoms with Crippen molar-refractivity contribution in [3.63, 3.8) is 0 Å². The Hall–Kier alpha value is -3.41. The summed E-state index contributed by atoms with van der Waals surface area (Å²) in [5.74, 6) is 0.104.